The summed E-state index contributed by atoms with van der Waals surface area (Å²) in [7, 11) is 2.01. The lowest BCUT2D eigenvalue weighted by atomic mass is 10.0. The largest absolute Gasteiger partial charge is 0.366 e. The molecule has 1 saturated heterocycles. The van der Waals surface area contributed by atoms with Crippen LogP contribution in [0.2, 0.25) is 0 Å². The minimum atomic E-state index is 0.468. The number of fused-ring (bicyclic) bond motifs is 1. The number of rotatable bonds is 4. The molecular formula is C18H26N6. The van der Waals surface area contributed by atoms with E-state index in [0.717, 1.165) is 38.3 Å². The lowest BCUT2D eigenvalue weighted by molar-refractivity contribution is 0.208. The number of anilines is 1. The maximum Gasteiger partial charge on any atom is 0.133 e. The summed E-state index contributed by atoms with van der Waals surface area (Å²) in [6.07, 6.45) is 9.58. The molecule has 2 aromatic rings. The van der Waals surface area contributed by atoms with E-state index in [4.69, 9.17) is 0 Å². The third kappa shape index (κ3) is 3.02. The summed E-state index contributed by atoms with van der Waals surface area (Å²) in [6, 6.07) is 0.468. The molecule has 1 N–H and O–H groups in total. The minimum Gasteiger partial charge on any atom is -0.366 e. The Hall–Kier alpha value is -1.95. The first-order valence-corrected chi connectivity index (χ1v) is 9.00. The topological polar surface area (TPSA) is 58.9 Å². The number of nitrogens with one attached hydrogen (secondary N) is 1. The second kappa shape index (κ2) is 6.51. The van der Waals surface area contributed by atoms with Gasteiger partial charge in [0.1, 0.15) is 12.1 Å². The predicted molar refractivity (Wildman–Crippen MR) is 93.9 cm³/mol. The Morgan fingerprint density at radius 1 is 1.25 bits per heavy atom. The van der Waals surface area contributed by atoms with Crippen molar-refractivity contribution in [2.24, 2.45) is 7.05 Å². The monoisotopic (exact) mass is 326 g/mol. The third-order valence-corrected chi connectivity index (χ3v) is 5.45. The van der Waals surface area contributed by atoms with E-state index in [1.165, 1.54) is 41.8 Å². The highest BCUT2D eigenvalue weighted by atomic mass is 15.3. The van der Waals surface area contributed by atoms with Gasteiger partial charge in [0.05, 0.1) is 6.20 Å². The summed E-state index contributed by atoms with van der Waals surface area (Å²) in [5, 5.41) is 8.07. The molecule has 1 aliphatic carbocycles. The van der Waals surface area contributed by atoms with Crippen molar-refractivity contribution < 1.29 is 0 Å². The van der Waals surface area contributed by atoms with Gasteiger partial charge in [0.2, 0.25) is 0 Å². The Labute approximate surface area is 143 Å². The highest BCUT2D eigenvalue weighted by molar-refractivity contribution is 5.48. The van der Waals surface area contributed by atoms with E-state index in [-0.39, 0.29) is 0 Å². The number of piperidine rings is 1. The van der Waals surface area contributed by atoms with Crippen molar-refractivity contribution >= 4 is 5.82 Å². The van der Waals surface area contributed by atoms with E-state index in [1.54, 1.807) is 6.33 Å². The normalized spacial score (nSPS) is 21.0. The van der Waals surface area contributed by atoms with Crippen LogP contribution >= 0.6 is 0 Å². The van der Waals surface area contributed by atoms with Crippen molar-refractivity contribution in [1.29, 1.82) is 0 Å². The van der Waals surface area contributed by atoms with E-state index in [9.17, 15) is 0 Å². The predicted octanol–water partition coefficient (Wildman–Crippen LogP) is 2.08. The van der Waals surface area contributed by atoms with Gasteiger partial charge < -0.3 is 5.32 Å². The molecule has 4 rings (SSSR count). The van der Waals surface area contributed by atoms with Gasteiger partial charge in [-0.15, -0.1) is 0 Å². The van der Waals surface area contributed by atoms with Crippen LogP contribution in [0.1, 0.15) is 41.8 Å². The molecule has 0 spiro atoms. The van der Waals surface area contributed by atoms with Crippen LogP contribution in [0.3, 0.4) is 0 Å². The van der Waals surface area contributed by atoms with Crippen LogP contribution in [-0.4, -0.2) is 43.8 Å². The molecule has 2 aromatic heterocycles. The third-order valence-electron chi connectivity index (χ3n) is 5.45. The van der Waals surface area contributed by atoms with E-state index in [0.29, 0.717) is 6.04 Å². The van der Waals surface area contributed by atoms with E-state index in [2.05, 4.69) is 32.2 Å². The molecular weight excluding hydrogens is 300 g/mol. The Kier molecular flexibility index (Phi) is 4.22. The fraction of sp³-hybridized carbons (Fsp3) is 0.611. The minimum absolute atomic E-state index is 0.468. The van der Waals surface area contributed by atoms with Gasteiger partial charge in [-0.2, -0.15) is 5.10 Å². The lowest BCUT2D eigenvalue weighted by Crippen LogP contribution is -2.42. The van der Waals surface area contributed by atoms with Gasteiger partial charge in [0.15, 0.2) is 0 Å². The van der Waals surface area contributed by atoms with Crippen LogP contribution in [0.5, 0.6) is 0 Å². The highest BCUT2D eigenvalue weighted by Gasteiger charge is 2.24. The highest BCUT2D eigenvalue weighted by Crippen LogP contribution is 2.27. The van der Waals surface area contributed by atoms with Crippen molar-refractivity contribution in [2.45, 2.75) is 51.6 Å². The van der Waals surface area contributed by atoms with Crippen molar-refractivity contribution in [3.8, 4) is 0 Å². The molecule has 3 heterocycles. The summed E-state index contributed by atoms with van der Waals surface area (Å²) in [6.45, 7) is 5.35. The first-order valence-electron chi connectivity index (χ1n) is 9.00. The maximum atomic E-state index is 4.52. The Balaban J connectivity index is 1.42. The molecule has 2 aliphatic rings. The van der Waals surface area contributed by atoms with Gasteiger partial charge in [0.25, 0.3) is 0 Å². The van der Waals surface area contributed by atoms with Gasteiger partial charge in [-0.05, 0) is 45.6 Å². The molecule has 0 saturated carbocycles. The molecule has 0 aromatic carbocycles. The first-order chi connectivity index (χ1) is 11.7. The van der Waals surface area contributed by atoms with Crippen molar-refractivity contribution in [1.82, 2.24) is 24.6 Å². The maximum absolute atomic E-state index is 4.52. The molecule has 1 atom stereocenters. The van der Waals surface area contributed by atoms with Crippen LogP contribution in [-0.2, 0) is 26.4 Å². The molecule has 0 bridgehead atoms. The molecule has 0 amide bonds. The second-order valence-electron chi connectivity index (χ2n) is 7.10. The number of aromatic nitrogens is 4. The van der Waals surface area contributed by atoms with Gasteiger partial charge in [-0.25, -0.2) is 9.97 Å². The van der Waals surface area contributed by atoms with Crippen LogP contribution < -0.4 is 5.32 Å². The van der Waals surface area contributed by atoms with Crippen LogP contribution in [0.15, 0.2) is 12.5 Å². The number of hydrogen-bond donors (Lipinski definition) is 1. The Bertz CT molecular complexity index is 722. The zero-order valence-electron chi connectivity index (χ0n) is 14.6. The van der Waals surface area contributed by atoms with E-state index in [1.807, 2.05) is 17.9 Å². The molecule has 1 aliphatic heterocycles. The number of likely N-dealkylation sites (tertiary alicyclic amines) is 1. The fourth-order valence-electron chi connectivity index (χ4n) is 3.93. The second-order valence-corrected chi connectivity index (χ2v) is 7.10. The summed E-state index contributed by atoms with van der Waals surface area (Å²) in [5.74, 6) is 1.07. The Morgan fingerprint density at radius 3 is 3.00 bits per heavy atom. The van der Waals surface area contributed by atoms with Crippen LogP contribution in [0.25, 0.3) is 0 Å². The van der Waals surface area contributed by atoms with Gasteiger partial charge in [-0.3, -0.25) is 9.58 Å². The van der Waals surface area contributed by atoms with Gasteiger partial charge in [0, 0.05) is 48.7 Å². The summed E-state index contributed by atoms with van der Waals surface area (Å²) in [4.78, 5) is 11.5. The molecule has 1 fully saturated rings. The van der Waals surface area contributed by atoms with Crippen molar-refractivity contribution in [3.63, 3.8) is 0 Å². The number of aryl methyl sites for hydroxylation is 2. The van der Waals surface area contributed by atoms with Crippen LogP contribution in [0.4, 0.5) is 5.82 Å². The SMILES string of the molecule is Cc1c(CN2CCCC(Nc3ncnc4c3CCC4)C2)cnn1C. The average molecular weight is 326 g/mol. The quantitative estimate of drug-likeness (QED) is 0.932. The van der Waals surface area contributed by atoms with E-state index >= 15 is 0 Å². The van der Waals surface area contributed by atoms with Gasteiger partial charge >= 0.3 is 0 Å². The standard InChI is InChI=1S/C18H26N6/c1-13-14(9-21-23(13)2)10-24-8-4-5-15(11-24)22-18-16-6-3-7-17(16)19-12-20-18/h9,12,15H,3-8,10-11H2,1-2H3,(H,19,20,22). The van der Waals surface area contributed by atoms with Gasteiger partial charge in [-0.1, -0.05) is 0 Å². The lowest BCUT2D eigenvalue weighted by Gasteiger charge is -2.33. The molecule has 128 valence electrons. The van der Waals surface area contributed by atoms with E-state index < -0.39 is 0 Å². The molecule has 1 unspecified atom stereocenters. The fourth-order valence-corrected chi connectivity index (χ4v) is 3.93. The molecule has 6 heteroatoms. The summed E-state index contributed by atoms with van der Waals surface area (Å²) >= 11 is 0. The number of nitrogens with zero attached hydrogens (tertiary/aromatic N) is 5. The zero-order valence-corrected chi connectivity index (χ0v) is 14.6. The summed E-state index contributed by atoms with van der Waals surface area (Å²) < 4.78 is 1.96. The first kappa shape index (κ1) is 15.6. The molecule has 0 radical (unpaired) electrons. The average Bonchev–Trinajstić information content (AvgIpc) is 3.18. The molecule has 24 heavy (non-hydrogen) atoms. The Morgan fingerprint density at radius 2 is 2.17 bits per heavy atom. The molecule has 6 nitrogen and oxygen atoms in total. The van der Waals surface area contributed by atoms with Crippen molar-refractivity contribution in [3.05, 3.63) is 35.0 Å². The smallest absolute Gasteiger partial charge is 0.133 e. The van der Waals surface area contributed by atoms with Crippen LogP contribution in [0, 0.1) is 6.92 Å². The number of hydrogen-bond acceptors (Lipinski definition) is 5. The zero-order chi connectivity index (χ0) is 16.5. The summed E-state index contributed by atoms with van der Waals surface area (Å²) in [5.41, 5.74) is 5.18. The van der Waals surface area contributed by atoms with Crippen molar-refractivity contribution in [2.75, 3.05) is 18.4 Å².